The van der Waals surface area contributed by atoms with Crippen LogP contribution in [0.1, 0.15) is 16.8 Å². The van der Waals surface area contributed by atoms with Crippen molar-refractivity contribution >= 4 is 27.6 Å². The number of benzene rings is 2. The van der Waals surface area contributed by atoms with E-state index >= 15 is 0 Å². The molecule has 2 aromatic rings. The number of ether oxygens (including phenoxy) is 1. The molecule has 0 N–H and O–H groups in total. The molecule has 1 heterocycles. The van der Waals surface area contributed by atoms with E-state index in [1.807, 2.05) is 0 Å². The second kappa shape index (κ2) is 6.94. The molecule has 0 radical (unpaired) electrons. The summed E-state index contributed by atoms with van der Waals surface area (Å²) in [5.41, 5.74) is 0.371. The van der Waals surface area contributed by atoms with Crippen LogP contribution in [0.25, 0.3) is 0 Å². The monoisotopic (exact) mass is 366 g/mol. The molecule has 3 rings (SSSR count). The van der Waals surface area contributed by atoms with E-state index in [1.165, 1.54) is 36.0 Å². The summed E-state index contributed by atoms with van der Waals surface area (Å²) in [6.45, 7) is 0. The van der Waals surface area contributed by atoms with Crippen molar-refractivity contribution in [1.29, 1.82) is 0 Å². The first-order valence-corrected chi connectivity index (χ1v) is 10.1. The third-order valence-electron chi connectivity index (χ3n) is 3.62. The van der Waals surface area contributed by atoms with Crippen molar-refractivity contribution in [3.05, 3.63) is 59.9 Å². The summed E-state index contributed by atoms with van der Waals surface area (Å²) in [6, 6.07) is 12.1. The number of thioether (sulfide) groups is 1. The molecule has 0 aliphatic carbocycles. The van der Waals surface area contributed by atoms with Gasteiger partial charge in [0.15, 0.2) is 9.84 Å². The normalized spacial score (nSPS) is 19.1. The number of hydrogen-bond acceptors (Lipinski definition) is 5. The van der Waals surface area contributed by atoms with E-state index in [4.69, 9.17) is 4.74 Å². The maximum atomic E-state index is 12.9. The fraction of sp³-hybridized carbons (Fsp3) is 0.235. The van der Waals surface area contributed by atoms with Crippen molar-refractivity contribution in [2.75, 3.05) is 11.5 Å². The van der Waals surface area contributed by atoms with Crippen LogP contribution in [0.15, 0.2) is 53.4 Å². The predicted octanol–water partition coefficient (Wildman–Crippen LogP) is 3.32. The Balaban J connectivity index is 1.76. The molecule has 1 fully saturated rings. The second-order valence-corrected chi connectivity index (χ2v) is 9.05. The lowest BCUT2D eigenvalue weighted by molar-refractivity contribution is 0.0731. The van der Waals surface area contributed by atoms with Gasteiger partial charge in [0, 0.05) is 10.1 Å². The minimum atomic E-state index is -2.97. The van der Waals surface area contributed by atoms with E-state index in [2.05, 4.69) is 0 Å². The van der Waals surface area contributed by atoms with Crippen LogP contribution in [-0.2, 0) is 9.84 Å². The van der Waals surface area contributed by atoms with Gasteiger partial charge in [-0.1, -0.05) is 12.1 Å². The van der Waals surface area contributed by atoms with Gasteiger partial charge in [0.2, 0.25) is 0 Å². The Kier molecular flexibility index (Phi) is 4.91. The number of carbonyl (C=O) groups excluding carboxylic acids is 1. The molecule has 1 unspecified atom stereocenters. The lowest BCUT2D eigenvalue weighted by Gasteiger charge is -2.12. The minimum Gasteiger partial charge on any atom is -0.423 e. The third-order valence-corrected chi connectivity index (χ3v) is 6.94. The molecule has 7 heteroatoms. The Morgan fingerprint density at radius 2 is 1.83 bits per heavy atom. The molecule has 126 valence electrons. The summed E-state index contributed by atoms with van der Waals surface area (Å²) < 4.78 is 41.3. The van der Waals surface area contributed by atoms with E-state index in [0.29, 0.717) is 16.9 Å². The lowest BCUT2D eigenvalue weighted by atomic mass is 10.2. The summed E-state index contributed by atoms with van der Waals surface area (Å²) in [7, 11) is -2.97. The maximum absolute atomic E-state index is 12.9. The van der Waals surface area contributed by atoms with Gasteiger partial charge in [0.05, 0.1) is 17.1 Å². The largest absolute Gasteiger partial charge is 0.423 e. The van der Waals surface area contributed by atoms with Gasteiger partial charge in [-0.05, 0) is 42.8 Å². The van der Waals surface area contributed by atoms with Crippen LogP contribution in [0, 0.1) is 5.82 Å². The quantitative estimate of drug-likeness (QED) is 0.614. The highest BCUT2D eigenvalue weighted by Gasteiger charge is 2.29. The smallest absolute Gasteiger partial charge is 0.344 e. The van der Waals surface area contributed by atoms with Crippen molar-refractivity contribution in [2.24, 2.45) is 0 Å². The zero-order valence-corrected chi connectivity index (χ0v) is 14.3. The molecule has 24 heavy (non-hydrogen) atoms. The Morgan fingerprint density at radius 1 is 1.12 bits per heavy atom. The van der Waals surface area contributed by atoms with E-state index in [-0.39, 0.29) is 22.5 Å². The third kappa shape index (κ3) is 4.15. The van der Waals surface area contributed by atoms with Crippen LogP contribution in [0.2, 0.25) is 0 Å². The molecule has 0 amide bonds. The van der Waals surface area contributed by atoms with Gasteiger partial charge >= 0.3 is 5.97 Å². The number of halogens is 1. The molecule has 0 aromatic heterocycles. The molecule has 4 nitrogen and oxygen atoms in total. The van der Waals surface area contributed by atoms with Gasteiger partial charge < -0.3 is 4.74 Å². The summed E-state index contributed by atoms with van der Waals surface area (Å²) in [6.07, 6.45) is 0.578. The zero-order chi connectivity index (χ0) is 17.2. The molecule has 0 saturated carbocycles. The van der Waals surface area contributed by atoms with Gasteiger partial charge in [-0.15, -0.1) is 11.8 Å². The number of rotatable bonds is 4. The van der Waals surface area contributed by atoms with Crippen LogP contribution >= 0.6 is 11.8 Å². The van der Waals surface area contributed by atoms with Gasteiger partial charge in [0.1, 0.15) is 11.6 Å². The van der Waals surface area contributed by atoms with Crippen LogP contribution in [0.5, 0.6) is 5.75 Å². The van der Waals surface area contributed by atoms with Crippen LogP contribution in [0.4, 0.5) is 4.39 Å². The average molecular weight is 366 g/mol. The Hall–Kier alpha value is -1.86. The molecule has 1 saturated heterocycles. The summed E-state index contributed by atoms with van der Waals surface area (Å²) in [4.78, 5) is 13.1. The molecular formula is C17H15FO4S2. The lowest BCUT2D eigenvalue weighted by Crippen LogP contribution is -2.11. The molecule has 1 atom stereocenters. The van der Waals surface area contributed by atoms with Gasteiger partial charge in [-0.2, -0.15) is 0 Å². The molecule has 1 aliphatic heterocycles. The summed E-state index contributed by atoms with van der Waals surface area (Å²) in [5.74, 6) is -0.394. The van der Waals surface area contributed by atoms with Crippen LogP contribution in [0.3, 0.4) is 0 Å². The molecule has 2 aromatic carbocycles. The van der Waals surface area contributed by atoms with Gasteiger partial charge in [-0.3, -0.25) is 0 Å². The van der Waals surface area contributed by atoms with Gasteiger partial charge in [0.25, 0.3) is 0 Å². The first-order valence-electron chi connectivity index (χ1n) is 7.37. The second-order valence-electron chi connectivity index (χ2n) is 5.48. The predicted molar refractivity (Wildman–Crippen MR) is 90.7 cm³/mol. The molecule has 0 spiro atoms. The Morgan fingerprint density at radius 3 is 2.50 bits per heavy atom. The standard InChI is InChI=1S/C17H15FO4S2/c18-12-5-7-13(8-6-12)22-17(19)15-3-1-2-4-16(15)23-14-9-10-24(20,21)11-14/h1-8,14H,9-11H2. The van der Waals surface area contributed by atoms with Crippen molar-refractivity contribution in [1.82, 2.24) is 0 Å². The number of esters is 1. The minimum absolute atomic E-state index is 0.0604. The number of hydrogen-bond donors (Lipinski definition) is 0. The van der Waals surface area contributed by atoms with Crippen molar-refractivity contribution in [2.45, 2.75) is 16.6 Å². The Labute approximate surface area is 143 Å². The van der Waals surface area contributed by atoms with E-state index in [9.17, 15) is 17.6 Å². The van der Waals surface area contributed by atoms with Crippen molar-refractivity contribution in [3.63, 3.8) is 0 Å². The van der Waals surface area contributed by atoms with Gasteiger partial charge in [-0.25, -0.2) is 17.6 Å². The fourth-order valence-corrected chi connectivity index (χ4v) is 6.05. The molecule has 0 bridgehead atoms. The van der Waals surface area contributed by atoms with E-state index in [1.54, 1.807) is 24.3 Å². The average Bonchev–Trinajstić information content (AvgIpc) is 2.89. The van der Waals surface area contributed by atoms with Crippen molar-refractivity contribution in [3.8, 4) is 5.75 Å². The van der Waals surface area contributed by atoms with Crippen LogP contribution in [-0.4, -0.2) is 31.1 Å². The van der Waals surface area contributed by atoms with E-state index < -0.39 is 21.6 Å². The summed E-state index contributed by atoms with van der Waals surface area (Å²) >= 11 is 1.38. The maximum Gasteiger partial charge on any atom is 0.344 e. The van der Waals surface area contributed by atoms with Crippen LogP contribution < -0.4 is 4.74 Å². The van der Waals surface area contributed by atoms with Crippen molar-refractivity contribution < 1.29 is 22.3 Å². The Bertz CT molecular complexity index is 847. The zero-order valence-electron chi connectivity index (χ0n) is 12.6. The molecule has 1 aliphatic rings. The topological polar surface area (TPSA) is 60.4 Å². The number of carbonyl (C=O) groups is 1. The highest BCUT2D eigenvalue weighted by molar-refractivity contribution is 8.02. The SMILES string of the molecule is O=C(Oc1ccc(F)cc1)c1ccccc1SC1CCS(=O)(=O)C1. The number of sulfone groups is 1. The fourth-order valence-electron chi connectivity index (χ4n) is 2.44. The highest BCUT2D eigenvalue weighted by atomic mass is 32.2. The van der Waals surface area contributed by atoms with E-state index in [0.717, 1.165) is 0 Å². The molecular weight excluding hydrogens is 351 g/mol. The first-order chi connectivity index (χ1) is 11.4. The highest BCUT2D eigenvalue weighted by Crippen LogP contribution is 2.33. The summed E-state index contributed by atoms with van der Waals surface area (Å²) in [5, 5.41) is -0.0604. The first kappa shape index (κ1) is 17.0.